The molecule has 0 aromatic heterocycles. The van der Waals surface area contributed by atoms with Crippen molar-refractivity contribution in [1.29, 1.82) is 0 Å². The minimum absolute atomic E-state index is 0.240. The summed E-state index contributed by atoms with van der Waals surface area (Å²) in [5, 5.41) is 6.39. The number of hydrogen-bond acceptors (Lipinski definition) is 4. The SMILES string of the molecule is COc1cc(NC(=O)c2ccccc2)c(C)cc1NC(=O)COc1ccc(Cl)cc1Cl. The topological polar surface area (TPSA) is 76.7 Å². The van der Waals surface area contributed by atoms with E-state index in [0.717, 1.165) is 5.56 Å². The van der Waals surface area contributed by atoms with E-state index in [1.54, 1.807) is 48.5 Å². The standard InChI is InChI=1S/C23H20Cl2N2O4/c1-14-10-19(26-22(28)13-31-20-9-8-16(24)11-17(20)25)21(30-2)12-18(14)27-23(29)15-6-4-3-5-7-15/h3-12H,13H2,1-2H3,(H,26,28)(H,27,29). The molecule has 3 aromatic carbocycles. The van der Waals surface area contributed by atoms with Crippen molar-refractivity contribution >= 4 is 46.4 Å². The molecule has 2 amide bonds. The van der Waals surface area contributed by atoms with E-state index in [1.165, 1.54) is 13.2 Å². The summed E-state index contributed by atoms with van der Waals surface area (Å²) in [5.74, 6) is 0.107. The Hall–Kier alpha value is -3.22. The summed E-state index contributed by atoms with van der Waals surface area (Å²) in [4.78, 5) is 24.8. The summed E-state index contributed by atoms with van der Waals surface area (Å²) in [7, 11) is 1.48. The maximum absolute atomic E-state index is 12.4. The first-order chi connectivity index (χ1) is 14.9. The maximum Gasteiger partial charge on any atom is 0.262 e. The van der Waals surface area contributed by atoms with Gasteiger partial charge in [-0.05, 0) is 48.9 Å². The lowest BCUT2D eigenvalue weighted by Gasteiger charge is -2.16. The fourth-order valence-electron chi connectivity index (χ4n) is 2.80. The first kappa shape index (κ1) is 22.5. The van der Waals surface area contributed by atoms with Gasteiger partial charge in [0.05, 0.1) is 17.8 Å². The predicted octanol–water partition coefficient (Wildman–Crippen LogP) is 5.58. The molecule has 0 aliphatic rings. The highest BCUT2D eigenvalue weighted by Crippen LogP contribution is 2.32. The molecular formula is C23H20Cl2N2O4. The summed E-state index contributed by atoms with van der Waals surface area (Å²) < 4.78 is 10.8. The van der Waals surface area contributed by atoms with Crippen LogP contribution < -0.4 is 20.1 Å². The van der Waals surface area contributed by atoms with Crippen LogP contribution in [0.1, 0.15) is 15.9 Å². The number of ether oxygens (including phenoxy) is 2. The number of nitrogens with one attached hydrogen (secondary N) is 2. The van der Waals surface area contributed by atoms with Gasteiger partial charge in [-0.3, -0.25) is 9.59 Å². The average molecular weight is 459 g/mol. The van der Waals surface area contributed by atoms with Gasteiger partial charge in [-0.2, -0.15) is 0 Å². The Balaban J connectivity index is 1.69. The zero-order valence-electron chi connectivity index (χ0n) is 16.9. The molecule has 2 N–H and O–H groups in total. The van der Waals surface area contributed by atoms with Gasteiger partial charge in [0.25, 0.3) is 11.8 Å². The number of hydrogen-bond donors (Lipinski definition) is 2. The Kier molecular flexibility index (Phi) is 7.39. The normalized spacial score (nSPS) is 10.3. The van der Waals surface area contributed by atoms with Crippen LogP contribution >= 0.6 is 23.2 Å². The van der Waals surface area contributed by atoms with Gasteiger partial charge in [0.1, 0.15) is 11.5 Å². The highest BCUT2D eigenvalue weighted by atomic mass is 35.5. The number of carbonyl (C=O) groups is 2. The molecule has 0 spiro atoms. The van der Waals surface area contributed by atoms with Crippen molar-refractivity contribution in [2.24, 2.45) is 0 Å². The highest BCUT2D eigenvalue weighted by molar-refractivity contribution is 6.35. The third-order valence-corrected chi connectivity index (χ3v) is 4.89. The van der Waals surface area contributed by atoms with Crippen LogP contribution in [-0.4, -0.2) is 25.5 Å². The molecule has 0 bridgehead atoms. The Morgan fingerprint density at radius 2 is 1.65 bits per heavy atom. The quantitative estimate of drug-likeness (QED) is 0.484. The Morgan fingerprint density at radius 3 is 2.32 bits per heavy atom. The van der Waals surface area contributed by atoms with Gasteiger partial charge in [-0.25, -0.2) is 0 Å². The zero-order chi connectivity index (χ0) is 22.4. The van der Waals surface area contributed by atoms with Crippen molar-refractivity contribution in [2.45, 2.75) is 6.92 Å². The summed E-state index contributed by atoms with van der Waals surface area (Å²) in [6, 6.07) is 17.0. The smallest absolute Gasteiger partial charge is 0.262 e. The van der Waals surface area contributed by atoms with Crippen LogP contribution in [0.15, 0.2) is 60.7 Å². The molecule has 0 atom stereocenters. The summed E-state index contributed by atoms with van der Waals surface area (Å²) >= 11 is 11.9. The molecular weight excluding hydrogens is 439 g/mol. The summed E-state index contributed by atoms with van der Waals surface area (Å²) in [5.41, 5.74) is 2.32. The molecule has 3 rings (SSSR count). The summed E-state index contributed by atoms with van der Waals surface area (Å²) in [6.45, 7) is 1.57. The van der Waals surface area contributed by atoms with Crippen LogP contribution in [0.5, 0.6) is 11.5 Å². The molecule has 31 heavy (non-hydrogen) atoms. The molecule has 0 saturated heterocycles. The van der Waals surface area contributed by atoms with Crippen molar-refractivity contribution in [3.63, 3.8) is 0 Å². The van der Waals surface area contributed by atoms with Crippen LogP contribution in [0.3, 0.4) is 0 Å². The van der Waals surface area contributed by atoms with Gasteiger partial charge in [0, 0.05) is 22.3 Å². The Morgan fingerprint density at radius 1 is 0.903 bits per heavy atom. The average Bonchev–Trinajstić information content (AvgIpc) is 2.75. The molecule has 0 aliphatic heterocycles. The number of halogens is 2. The van der Waals surface area contributed by atoms with Gasteiger partial charge < -0.3 is 20.1 Å². The zero-order valence-corrected chi connectivity index (χ0v) is 18.4. The van der Waals surface area contributed by atoms with Gasteiger partial charge in [0.15, 0.2) is 6.61 Å². The lowest BCUT2D eigenvalue weighted by molar-refractivity contribution is -0.118. The van der Waals surface area contributed by atoms with Crippen molar-refractivity contribution in [3.05, 3.63) is 81.8 Å². The minimum Gasteiger partial charge on any atom is -0.494 e. The number of aryl methyl sites for hydroxylation is 1. The second-order valence-corrected chi connectivity index (χ2v) is 7.44. The van der Waals surface area contributed by atoms with Crippen LogP contribution in [0.4, 0.5) is 11.4 Å². The first-order valence-electron chi connectivity index (χ1n) is 9.30. The number of amides is 2. The van der Waals surface area contributed by atoms with Crippen LogP contribution in [0, 0.1) is 6.92 Å². The highest BCUT2D eigenvalue weighted by Gasteiger charge is 2.14. The van der Waals surface area contributed by atoms with Crippen LogP contribution in [0.2, 0.25) is 10.0 Å². The van der Waals surface area contributed by atoms with E-state index in [-0.39, 0.29) is 12.5 Å². The van der Waals surface area contributed by atoms with E-state index in [9.17, 15) is 9.59 Å². The van der Waals surface area contributed by atoms with E-state index in [0.29, 0.717) is 38.5 Å². The molecule has 0 saturated carbocycles. The van der Waals surface area contributed by atoms with Gasteiger partial charge in [0.2, 0.25) is 0 Å². The van der Waals surface area contributed by atoms with Crippen LogP contribution in [0.25, 0.3) is 0 Å². The molecule has 160 valence electrons. The van der Waals surface area contributed by atoms with Crippen molar-refractivity contribution in [3.8, 4) is 11.5 Å². The fourth-order valence-corrected chi connectivity index (χ4v) is 3.26. The number of benzene rings is 3. The van der Waals surface area contributed by atoms with Crippen molar-refractivity contribution in [1.82, 2.24) is 0 Å². The molecule has 8 heteroatoms. The Bertz CT molecular complexity index is 1100. The molecule has 0 aliphatic carbocycles. The van der Waals surface area contributed by atoms with E-state index in [2.05, 4.69) is 10.6 Å². The van der Waals surface area contributed by atoms with Crippen LogP contribution in [-0.2, 0) is 4.79 Å². The van der Waals surface area contributed by atoms with Gasteiger partial charge in [-0.15, -0.1) is 0 Å². The molecule has 0 heterocycles. The van der Waals surface area contributed by atoms with Crippen molar-refractivity contribution in [2.75, 3.05) is 24.4 Å². The molecule has 0 radical (unpaired) electrons. The van der Waals surface area contributed by atoms with E-state index >= 15 is 0 Å². The maximum atomic E-state index is 12.4. The fraction of sp³-hybridized carbons (Fsp3) is 0.130. The third kappa shape index (κ3) is 5.90. The van der Waals surface area contributed by atoms with Crippen molar-refractivity contribution < 1.29 is 19.1 Å². The second kappa shape index (κ2) is 10.2. The monoisotopic (exact) mass is 458 g/mol. The minimum atomic E-state index is -0.398. The molecule has 0 fully saturated rings. The second-order valence-electron chi connectivity index (χ2n) is 6.60. The molecule has 6 nitrogen and oxygen atoms in total. The number of anilines is 2. The number of rotatable bonds is 7. The van der Waals surface area contributed by atoms with E-state index < -0.39 is 5.91 Å². The Labute approximate surface area is 190 Å². The molecule has 3 aromatic rings. The largest absolute Gasteiger partial charge is 0.494 e. The third-order valence-electron chi connectivity index (χ3n) is 4.36. The first-order valence-corrected chi connectivity index (χ1v) is 10.1. The number of carbonyl (C=O) groups excluding carboxylic acids is 2. The van der Waals surface area contributed by atoms with E-state index in [1.807, 2.05) is 13.0 Å². The molecule has 0 unspecified atom stereocenters. The lowest BCUT2D eigenvalue weighted by atomic mass is 10.1. The lowest BCUT2D eigenvalue weighted by Crippen LogP contribution is -2.21. The predicted molar refractivity (Wildman–Crippen MR) is 123 cm³/mol. The van der Waals surface area contributed by atoms with Gasteiger partial charge >= 0.3 is 0 Å². The summed E-state index contributed by atoms with van der Waals surface area (Å²) in [6.07, 6.45) is 0. The van der Waals surface area contributed by atoms with E-state index in [4.69, 9.17) is 32.7 Å². The van der Waals surface area contributed by atoms with Gasteiger partial charge in [-0.1, -0.05) is 41.4 Å². The number of methoxy groups -OCH3 is 1.